The van der Waals surface area contributed by atoms with Crippen LogP contribution in [0.4, 0.5) is 0 Å². The first-order valence-electron chi connectivity index (χ1n) is 3.51. The minimum absolute atomic E-state index is 0.0473. The molecule has 0 aromatic heterocycles. The van der Waals surface area contributed by atoms with Crippen molar-refractivity contribution in [2.45, 2.75) is 6.92 Å². The second-order valence-electron chi connectivity index (χ2n) is 2.46. The molecule has 0 bridgehead atoms. The zero-order valence-corrected chi connectivity index (χ0v) is 6.70. The largest absolute Gasteiger partial charge is 0.481 e. The Morgan fingerprint density at radius 2 is 2.55 bits per heavy atom. The topological polar surface area (TPSA) is 38.7 Å². The molecule has 1 aliphatic rings. The molecular formula is C8H11NO2. The van der Waals surface area contributed by atoms with Crippen molar-refractivity contribution in [2.24, 2.45) is 10.9 Å². The number of ketones is 1. The third-order valence-electron chi connectivity index (χ3n) is 1.65. The summed E-state index contributed by atoms with van der Waals surface area (Å²) >= 11 is 0. The first-order valence-corrected chi connectivity index (χ1v) is 3.51. The summed E-state index contributed by atoms with van der Waals surface area (Å²) in [5.41, 5.74) is 0. The van der Waals surface area contributed by atoms with E-state index >= 15 is 0 Å². The zero-order valence-electron chi connectivity index (χ0n) is 6.70. The summed E-state index contributed by atoms with van der Waals surface area (Å²) in [5, 5.41) is 0. The summed E-state index contributed by atoms with van der Waals surface area (Å²) in [6.07, 6.45) is 3.56. The van der Waals surface area contributed by atoms with Crippen LogP contribution in [0, 0.1) is 5.92 Å². The lowest BCUT2D eigenvalue weighted by Gasteiger charge is -2.10. The lowest BCUT2D eigenvalue weighted by atomic mass is 10.0. The van der Waals surface area contributed by atoms with E-state index < -0.39 is 0 Å². The summed E-state index contributed by atoms with van der Waals surface area (Å²) in [6.45, 7) is 2.09. The smallest absolute Gasteiger partial charge is 0.207 e. The molecule has 3 heteroatoms. The maximum absolute atomic E-state index is 10.8. The molecule has 3 nitrogen and oxygen atoms in total. The molecule has 0 aliphatic carbocycles. The number of methoxy groups -OCH3 is 1. The molecule has 1 unspecified atom stereocenters. The molecule has 1 aliphatic heterocycles. The van der Waals surface area contributed by atoms with E-state index in [-0.39, 0.29) is 11.7 Å². The average molecular weight is 153 g/mol. The number of aliphatic imine (C=N–C) groups is 1. The molecule has 1 heterocycles. The molecule has 11 heavy (non-hydrogen) atoms. The number of ether oxygens (including phenoxy) is 1. The zero-order chi connectivity index (χ0) is 8.27. The highest BCUT2D eigenvalue weighted by Crippen LogP contribution is 2.07. The SMILES string of the molecule is COC1=NCC(C(C)=O)C=C1. The molecule has 0 aromatic rings. The summed E-state index contributed by atoms with van der Waals surface area (Å²) in [6, 6.07) is 0. The van der Waals surface area contributed by atoms with Gasteiger partial charge in [0.1, 0.15) is 5.78 Å². The van der Waals surface area contributed by atoms with Crippen molar-refractivity contribution in [3.8, 4) is 0 Å². The Labute approximate surface area is 65.8 Å². The number of nitrogens with zero attached hydrogens (tertiary/aromatic N) is 1. The molecule has 0 aromatic carbocycles. The Bertz CT molecular complexity index is 218. The van der Waals surface area contributed by atoms with Gasteiger partial charge in [-0.1, -0.05) is 6.08 Å². The molecule has 1 rings (SSSR count). The summed E-state index contributed by atoms with van der Waals surface area (Å²) < 4.78 is 4.87. The van der Waals surface area contributed by atoms with Gasteiger partial charge in [0.15, 0.2) is 0 Å². The van der Waals surface area contributed by atoms with Gasteiger partial charge in [-0.25, -0.2) is 0 Å². The Hall–Kier alpha value is -1.12. The Morgan fingerprint density at radius 1 is 1.82 bits per heavy atom. The van der Waals surface area contributed by atoms with Crippen LogP contribution in [0.3, 0.4) is 0 Å². The molecule has 0 spiro atoms. The van der Waals surface area contributed by atoms with Crippen molar-refractivity contribution in [1.29, 1.82) is 0 Å². The van der Waals surface area contributed by atoms with E-state index in [1.807, 2.05) is 6.08 Å². The fourth-order valence-electron chi connectivity index (χ4n) is 0.897. The minimum Gasteiger partial charge on any atom is -0.481 e. The van der Waals surface area contributed by atoms with Gasteiger partial charge in [0.05, 0.1) is 19.6 Å². The number of dihydropyridines is 1. The van der Waals surface area contributed by atoms with Crippen LogP contribution < -0.4 is 0 Å². The van der Waals surface area contributed by atoms with Crippen molar-refractivity contribution in [3.05, 3.63) is 12.2 Å². The summed E-state index contributed by atoms with van der Waals surface area (Å²) in [7, 11) is 1.57. The predicted molar refractivity (Wildman–Crippen MR) is 42.6 cm³/mol. The van der Waals surface area contributed by atoms with Crippen molar-refractivity contribution in [1.82, 2.24) is 0 Å². The quantitative estimate of drug-likeness (QED) is 0.559. The molecule has 0 saturated heterocycles. The number of Topliss-reactive ketones (excluding diaryl/α,β-unsaturated/α-hetero) is 1. The van der Waals surface area contributed by atoms with Gasteiger partial charge in [0, 0.05) is 0 Å². The van der Waals surface area contributed by atoms with Crippen LogP contribution in [0.15, 0.2) is 17.1 Å². The molecule has 0 N–H and O–H groups in total. The molecule has 0 amide bonds. The highest BCUT2D eigenvalue weighted by Gasteiger charge is 2.13. The van der Waals surface area contributed by atoms with Gasteiger partial charge < -0.3 is 4.74 Å². The van der Waals surface area contributed by atoms with E-state index in [1.54, 1.807) is 20.1 Å². The number of hydrogen-bond donors (Lipinski definition) is 0. The van der Waals surface area contributed by atoms with Crippen molar-refractivity contribution < 1.29 is 9.53 Å². The molecular weight excluding hydrogens is 142 g/mol. The Kier molecular flexibility index (Phi) is 2.41. The fraction of sp³-hybridized carbons (Fsp3) is 0.500. The van der Waals surface area contributed by atoms with Crippen molar-refractivity contribution in [3.63, 3.8) is 0 Å². The predicted octanol–water partition coefficient (Wildman–Crippen LogP) is 0.806. The first-order chi connectivity index (χ1) is 5.24. The van der Waals surface area contributed by atoms with E-state index in [0.29, 0.717) is 12.4 Å². The summed E-state index contributed by atoms with van der Waals surface area (Å²) in [4.78, 5) is 14.9. The average Bonchev–Trinajstić information content (AvgIpc) is 2.05. The van der Waals surface area contributed by atoms with Gasteiger partial charge in [-0.05, 0) is 13.0 Å². The van der Waals surface area contributed by atoms with E-state index in [9.17, 15) is 4.79 Å². The Morgan fingerprint density at radius 3 is 2.91 bits per heavy atom. The highest BCUT2D eigenvalue weighted by molar-refractivity contribution is 5.91. The van der Waals surface area contributed by atoms with E-state index in [1.165, 1.54) is 0 Å². The van der Waals surface area contributed by atoms with Gasteiger partial charge in [-0.15, -0.1) is 0 Å². The number of carbonyl (C=O) groups is 1. The van der Waals surface area contributed by atoms with Crippen molar-refractivity contribution >= 4 is 11.7 Å². The van der Waals surface area contributed by atoms with Crippen LogP contribution in [0.2, 0.25) is 0 Å². The third kappa shape index (κ3) is 1.90. The lowest BCUT2D eigenvalue weighted by Crippen LogP contribution is -2.17. The minimum atomic E-state index is -0.0473. The summed E-state index contributed by atoms with van der Waals surface area (Å²) in [5.74, 6) is 0.705. The highest BCUT2D eigenvalue weighted by atomic mass is 16.5. The lowest BCUT2D eigenvalue weighted by molar-refractivity contribution is -0.119. The van der Waals surface area contributed by atoms with Crippen LogP contribution >= 0.6 is 0 Å². The maximum atomic E-state index is 10.8. The van der Waals surface area contributed by atoms with E-state index in [2.05, 4.69) is 4.99 Å². The van der Waals surface area contributed by atoms with Gasteiger partial charge >= 0.3 is 0 Å². The Balaban J connectivity index is 2.57. The van der Waals surface area contributed by atoms with Crippen LogP contribution in [-0.2, 0) is 9.53 Å². The third-order valence-corrected chi connectivity index (χ3v) is 1.65. The maximum Gasteiger partial charge on any atom is 0.207 e. The molecule has 0 fully saturated rings. The monoisotopic (exact) mass is 153 g/mol. The molecule has 1 atom stereocenters. The number of rotatable bonds is 1. The number of hydrogen-bond acceptors (Lipinski definition) is 3. The van der Waals surface area contributed by atoms with E-state index in [4.69, 9.17) is 4.74 Å². The van der Waals surface area contributed by atoms with Crippen LogP contribution in [0.25, 0.3) is 0 Å². The standard InChI is InChI=1S/C8H11NO2/c1-6(10)7-3-4-8(11-2)9-5-7/h3-4,7H,5H2,1-2H3. The van der Waals surface area contributed by atoms with Crippen molar-refractivity contribution in [2.75, 3.05) is 13.7 Å². The molecule has 0 saturated carbocycles. The molecule has 60 valence electrons. The van der Waals surface area contributed by atoms with E-state index in [0.717, 1.165) is 0 Å². The fourth-order valence-corrected chi connectivity index (χ4v) is 0.897. The second-order valence-corrected chi connectivity index (χ2v) is 2.46. The normalized spacial score (nSPS) is 22.7. The van der Waals surface area contributed by atoms with Gasteiger partial charge in [-0.3, -0.25) is 9.79 Å². The van der Waals surface area contributed by atoms with Gasteiger partial charge in [-0.2, -0.15) is 0 Å². The van der Waals surface area contributed by atoms with Gasteiger partial charge in [0.2, 0.25) is 5.90 Å². The van der Waals surface area contributed by atoms with Crippen LogP contribution in [0.1, 0.15) is 6.92 Å². The van der Waals surface area contributed by atoms with Gasteiger partial charge in [0.25, 0.3) is 0 Å². The van der Waals surface area contributed by atoms with Crippen LogP contribution in [-0.4, -0.2) is 25.3 Å². The second kappa shape index (κ2) is 3.32. The first kappa shape index (κ1) is 7.98. The molecule has 0 radical (unpaired) electrons. The van der Waals surface area contributed by atoms with Crippen LogP contribution in [0.5, 0.6) is 0 Å². The number of carbonyl (C=O) groups excluding carboxylic acids is 1.